The number of alkyl halides is 1. The van der Waals surface area contributed by atoms with Crippen LogP contribution in [0.3, 0.4) is 0 Å². The zero-order valence-corrected chi connectivity index (χ0v) is 13.2. The second kappa shape index (κ2) is 6.67. The largest absolute Gasteiger partial charge is 0.394 e. The molecule has 2 rings (SSSR count). The number of nitrogens with one attached hydrogen (secondary N) is 1. The predicted octanol–water partition coefficient (Wildman–Crippen LogP) is -0.243. The van der Waals surface area contributed by atoms with Gasteiger partial charge in [-0.05, 0) is 13.3 Å². The SMILES string of the molecule is CCO[C@@H]1N([C@H]2C[C@H](O)[C@@H](CO)O2)C(=O)NC(=O)[C@]1(Cl)CC. The molecule has 2 heterocycles. The van der Waals surface area contributed by atoms with E-state index in [-0.39, 0.29) is 26.1 Å². The van der Waals surface area contributed by atoms with Crippen LogP contribution < -0.4 is 5.32 Å². The number of urea groups is 1. The maximum absolute atomic E-state index is 12.2. The number of nitrogens with zero attached hydrogens (tertiary/aromatic N) is 1. The summed E-state index contributed by atoms with van der Waals surface area (Å²) in [5.41, 5.74) is 0. The molecule has 0 bridgehead atoms. The summed E-state index contributed by atoms with van der Waals surface area (Å²) in [4.78, 5) is 24.1. The minimum absolute atomic E-state index is 0.104. The summed E-state index contributed by atoms with van der Waals surface area (Å²) in [5, 5.41) is 21.2. The minimum atomic E-state index is -1.43. The second-order valence-electron chi connectivity index (χ2n) is 5.31. The summed E-state index contributed by atoms with van der Waals surface area (Å²) in [6.45, 7) is 3.32. The monoisotopic (exact) mass is 336 g/mol. The van der Waals surface area contributed by atoms with Crippen LogP contribution >= 0.6 is 11.6 Å². The number of aliphatic hydroxyl groups is 2. The first-order chi connectivity index (χ1) is 10.4. The van der Waals surface area contributed by atoms with Crippen LogP contribution in [0.15, 0.2) is 0 Å². The van der Waals surface area contributed by atoms with Crippen LogP contribution in [-0.2, 0) is 14.3 Å². The van der Waals surface area contributed by atoms with Crippen molar-refractivity contribution >= 4 is 23.5 Å². The number of carbonyl (C=O) groups excluding carboxylic acids is 2. The second-order valence-corrected chi connectivity index (χ2v) is 5.98. The fraction of sp³-hybridized carbons (Fsp3) is 0.846. The normalized spacial score (nSPS) is 39.2. The minimum Gasteiger partial charge on any atom is -0.394 e. The van der Waals surface area contributed by atoms with Crippen molar-refractivity contribution in [3.63, 3.8) is 0 Å². The number of rotatable bonds is 5. The van der Waals surface area contributed by atoms with Gasteiger partial charge in [0.15, 0.2) is 11.1 Å². The van der Waals surface area contributed by atoms with Gasteiger partial charge in [-0.1, -0.05) is 6.92 Å². The van der Waals surface area contributed by atoms with E-state index in [1.165, 1.54) is 4.90 Å². The molecule has 126 valence electrons. The molecule has 0 saturated carbocycles. The van der Waals surface area contributed by atoms with Gasteiger partial charge in [-0.3, -0.25) is 15.0 Å². The molecule has 5 atom stereocenters. The van der Waals surface area contributed by atoms with Crippen LogP contribution in [0.5, 0.6) is 0 Å². The Kier molecular flexibility index (Phi) is 5.29. The molecule has 0 aromatic rings. The third-order valence-electron chi connectivity index (χ3n) is 4.01. The van der Waals surface area contributed by atoms with Crippen molar-refractivity contribution in [1.82, 2.24) is 10.2 Å². The molecular formula is C13H21ClN2O6. The number of amides is 3. The number of hydrogen-bond donors (Lipinski definition) is 3. The standard InChI is InChI=1S/C13H21ClN2O6/c1-3-13(14)10(19)15-12(20)16(11(13)21-4-2)9-5-7(18)8(6-17)22-9/h7-9,11,17-18H,3-6H2,1-2H3,(H,15,19,20)/t7-,8+,9+,11-,13+/m0/s1. The van der Waals surface area contributed by atoms with Crippen LogP contribution in [0, 0.1) is 0 Å². The summed E-state index contributed by atoms with van der Waals surface area (Å²) in [6.07, 6.45) is -3.19. The third-order valence-corrected chi connectivity index (χ3v) is 4.64. The van der Waals surface area contributed by atoms with Crippen molar-refractivity contribution in [2.45, 2.75) is 56.2 Å². The Morgan fingerprint density at radius 2 is 2.18 bits per heavy atom. The molecule has 0 aromatic carbocycles. The molecule has 2 aliphatic heterocycles. The lowest BCUT2D eigenvalue weighted by Gasteiger charge is -2.46. The van der Waals surface area contributed by atoms with Crippen LogP contribution in [0.2, 0.25) is 0 Å². The van der Waals surface area contributed by atoms with Gasteiger partial charge in [0, 0.05) is 13.0 Å². The van der Waals surface area contributed by atoms with Crippen molar-refractivity contribution in [2.24, 2.45) is 0 Å². The Hall–Kier alpha value is -0.930. The molecular weight excluding hydrogens is 316 g/mol. The Bertz CT molecular complexity index is 450. The summed E-state index contributed by atoms with van der Waals surface area (Å²) in [5.74, 6) is -0.617. The highest BCUT2D eigenvalue weighted by Crippen LogP contribution is 2.36. The van der Waals surface area contributed by atoms with Gasteiger partial charge in [-0.25, -0.2) is 4.79 Å². The zero-order valence-electron chi connectivity index (χ0n) is 12.5. The number of imide groups is 1. The Morgan fingerprint density at radius 3 is 2.68 bits per heavy atom. The zero-order chi connectivity index (χ0) is 16.5. The van der Waals surface area contributed by atoms with E-state index in [1.54, 1.807) is 13.8 Å². The van der Waals surface area contributed by atoms with E-state index in [4.69, 9.17) is 26.2 Å². The van der Waals surface area contributed by atoms with Gasteiger partial charge in [-0.2, -0.15) is 0 Å². The van der Waals surface area contributed by atoms with Gasteiger partial charge in [-0.15, -0.1) is 11.6 Å². The van der Waals surface area contributed by atoms with Crippen LogP contribution in [0.1, 0.15) is 26.7 Å². The number of hydrogen-bond acceptors (Lipinski definition) is 6. The first-order valence-corrected chi connectivity index (χ1v) is 7.65. The fourth-order valence-corrected chi connectivity index (χ4v) is 2.96. The molecule has 2 fully saturated rings. The molecule has 0 aromatic heterocycles. The Morgan fingerprint density at radius 1 is 1.50 bits per heavy atom. The molecule has 22 heavy (non-hydrogen) atoms. The lowest BCUT2D eigenvalue weighted by molar-refractivity contribution is -0.162. The van der Waals surface area contributed by atoms with Crippen LogP contribution in [0.4, 0.5) is 4.79 Å². The number of carbonyl (C=O) groups is 2. The summed E-state index contributed by atoms with van der Waals surface area (Å²) >= 11 is 6.40. The molecule has 3 N–H and O–H groups in total. The molecule has 8 nitrogen and oxygen atoms in total. The fourth-order valence-electron chi connectivity index (χ4n) is 2.74. The smallest absolute Gasteiger partial charge is 0.328 e. The average Bonchev–Trinajstić information content (AvgIpc) is 2.85. The van der Waals surface area contributed by atoms with Gasteiger partial charge in [0.1, 0.15) is 12.3 Å². The molecule has 0 spiro atoms. The lowest BCUT2D eigenvalue weighted by Crippen LogP contribution is -2.70. The van der Waals surface area contributed by atoms with Crippen LogP contribution in [-0.4, -0.2) is 69.8 Å². The molecule has 2 saturated heterocycles. The highest BCUT2D eigenvalue weighted by molar-refractivity contribution is 6.37. The van der Waals surface area contributed by atoms with Crippen molar-refractivity contribution in [3.05, 3.63) is 0 Å². The van der Waals surface area contributed by atoms with E-state index < -0.39 is 41.5 Å². The average molecular weight is 337 g/mol. The maximum Gasteiger partial charge on any atom is 0.328 e. The summed E-state index contributed by atoms with van der Waals surface area (Å²) in [6, 6.07) is -0.691. The van der Waals surface area contributed by atoms with E-state index in [1.807, 2.05) is 0 Å². The Labute approximate surface area is 133 Å². The lowest BCUT2D eigenvalue weighted by atomic mass is 9.98. The molecule has 3 amide bonds. The summed E-state index contributed by atoms with van der Waals surface area (Å²) < 4.78 is 11.0. The van der Waals surface area contributed by atoms with E-state index in [9.17, 15) is 14.7 Å². The highest BCUT2D eigenvalue weighted by Gasteiger charge is 2.56. The molecule has 0 radical (unpaired) electrons. The quantitative estimate of drug-likeness (QED) is 0.598. The highest BCUT2D eigenvalue weighted by atomic mass is 35.5. The molecule has 0 aliphatic carbocycles. The summed E-state index contributed by atoms with van der Waals surface area (Å²) in [7, 11) is 0. The molecule has 2 aliphatic rings. The van der Waals surface area contributed by atoms with Crippen LogP contribution in [0.25, 0.3) is 0 Å². The molecule has 9 heteroatoms. The first kappa shape index (κ1) is 17.4. The third kappa shape index (κ3) is 2.81. The van der Waals surface area contributed by atoms with Gasteiger partial charge in [0.05, 0.1) is 12.7 Å². The van der Waals surface area contributed by atoms with E-state index in [0.29, 0.717) is 0 Å². The Balaban J connectivity index is 2.30. The molecule has 0 unspecified atom stereocenters. The van der Waals surface area contributed by atoms with Gasteiger partial charge in [0.2, 0.25) is 0 Å². The van der Waals surface area contributed by atoms with Crippen molar-refractivity contribution in [2.75, 3.05) is 13.2 Å². The van der Waals surface area contributed by atoms with Crippen molar-refractivity contribution in [1.29, 1.82) is 0 Å². The van der Waals surface area contributed by atoms with Gasteiger partial charge >= 0.3 is 6.03 Å². The van der Waals surface area contributed by atoms with E-state index in [0.717, 1.165) is 0 Å². The first-order valence-electron chi connectivity index (χ1n) is 7.27. The van der Waals surface area contributed by atoms with E-state index >= 15 is 0 Å². The predicted molar refractivity (Wildman–Crippen MR) is 76.0 cm³/mol. The number of aliphatic hydroxyl groups excluding tert-OH is 2. The topological polar surface area (TPSA) is 108 Å². The maximum atomic E-state index is 12.2. The van der Waals surface area contributed by atoms with Gasteiger partial charge < -0.3 is 19.7 Å². The van der Waals surface area contributed by atoms with E-state index in [2.05, 4.69) is 5.32 Å². The number of ether oxygens (including phenoxy) is 2. The van der Waals surface area contributed by atoms with Crippen molar-refractivity contribution in [3.8, 4) is 0 Å². The number of halogens is 1. The van der Waals surface area contributed by atoms with Gasteiger partial charge in [0.25, 0.3) is 5.91 Å². The van der Waals surface area contributed by atoms with Crippen molar-refractivity contribution < 1.29 is 29.3 Å².